The predicted octanol–water partition coefficient (Wildman–Crippen LogP) is 3.48. The van der Waals surface area contributed by atoms with Gasteiger partial charge in [-0.2, -0.15) is 0 Å². The van der Waals surface area contributed by atoms with Gasteiger partial charge in [0.25, 0.3) is 5.69 Å². The number of thioether (sulfide) groups is 2. The molecule has 2 rings (SSSR count). The maximum absolute atomic E-state index is 11.8. The van der Waals surface area contributed by atoms with Gasteiger partial charge in [0.1, 0.15) is 10.1 Å². The lowest BCUT2D eigenvalue weighted by Crippen LogP contribution is -1.93. The molecule has 0 radical (unpaired) electrons. The Balaban J connectivity index is 2.31. The van der Waals surface area contributed by atoms with Gasteiger partial charge in [-0.1, -0.05) is 30.0 Å². The molecule has 0 unspecified atom stereocenters. The lowest BCUT2D eigenvalue weighted by Gasteiger charge is -1.96. The van der Waals surface area contributed by atoms with Gasteiger partial charge in [-0.15, -0.1) is 6.58 Å². The minimum Gasteiger partial charge on any atom is -0.279 e. The molecule has 1 aromatic rings. The molecule has 1 heterocycles. The van der Waals surface area contributed by atoms with Crippen molar-refractivity contribution in [2.45, 2.75) is 0 Å². The van der Waals surface area contributed by atoms with Gasteiger partial charge in [-0.05, 0) is 23.9 Å². The van der Waals surface area contributed by atoms with Gasteiger partial charge in [-0.25, -0.2) is 4.99 Å². The molecule has 20 heavy (non-hydrogen) atoms. The highest BCUT2D eigenvalue weighted by Crippen LogP contribution is 2.32. The van der Waals surface area contributed by atoms with Crippen LogP contribution in [0.3, 0.4) is 0 Å². The van der Waals surface area contributed by atoms with Crippen molar-refractivity contribution in [2.24, 2.45) is 4.99 Å². The van der Waals surface area contributed by atoms with Gasteiger partial charge in [0.2, 0.25) is 5.12 Å². The van der Waals surface area contributed by atoms with E-state index in [9.17, 15) is 14.9 Å². The second kappa shape index (κ2) is 6.53. The van der Waals surface area contributed by atoms with E-state index in [0.29, 0.717) is 15.7 Å². The quantitative estimate of drug-likeness (QED) is 0.368. The number of para-hydroxylation sites is 1. The number of nitro benzene ring substituents is 1. The number of nitrogens with zero attached hydrogens (tertiary/aromatic N) is 2. The predicted molar refractivity (Wildman–Crippen MR) is 83.8 cm³/mol. The number of benzene rings is 1. The van der Waals surface area contributed by atoms with Crippen molar-refractivity contribution in [1.29, 1.82) is 0 Å². The summed E-state index contributed by atoms with van der Waals surface area (Å²) in [7, 11) is 0. The Morgan fingerprint density at radius 2 is 2.20 bits per heavy atom. The molecule has 0 amide bonds. The van der Waals surface area contributed by atoms with Crippen LogP contribution in [0, 0.1) is 10.1 Å². The van der Waals surface area contributed by atoms with Crippen LogP contribution in [0.4, 0.5) is 5.69 Å². The molecule has 0 saturated carbocycles. The average Bonchev–Trinajstić information content (AvgIpc) is 2.77. The topological polar surface area (TPSA) is 72.6 Å². The smallest absolute Gasteiger partial charge is 0.276 e. The molecular weight excluding hydrogens is 296 g/mol. The second-order valence-electron chi connectivity index (χ2n) is 3.71. The summed E-state index contributed by atoms with van der Waals surface area (Å²) in [4.78, 5) is 26.4. The number of carbonyl (C=O) groups excluding carboxylic acids is 1. The first-order valence-electron chi connectivity index (χ1n) is 5.61. The molecule has 102 valence electrons. The summed E-state index contributed by atoms with van der Waals surface area (Å²) in [5.41, 5.74) is 0.566. The van der Waals surface area contributed by atoms with Crippen molar-refractivity contribution in [3.05, 3.63) is 58.3 Å². The number of hydrogen-bond acceptors (Lipinski definition) is 6. The monoisotopic (exact) mass is 306 g/mol. The Kier molecular flexibility index (Phi) is 4.75. The van der Waals surface area contributed by atoms with Crippen molar-refractivity contribution < 1.29 is 9.72 Å². The Morgan fingerprint density at radius 1 is 1.45 bits per heavy atom. The maximum Gasteiger partial charge on any atom is 0.276 e. The standard InChI is InChI=1S/C13H10N2O3S2/c1-2-7-19-13-14-10(12(16)20-13)8-9-5-3-4-6-11(9)15(17)18/h2-6,8H,1,7H2/b10-8+. The normalized spacial score (nSPS) is 16.3. The summed E-state index contributed by atoms with van der Waals surface area (Å²) in [6.45, 7) is 3.60. The summed E-state index contributed by atoms with van der Waals surface area (Å²) in [5.74, 6) is 0.665. The molecular formula is C13H10N2O3S2. The van der Waals surface area contributed by atoms with Crippen LogP contribution in [0.1, 0.15) is 5.56 Å². The molecule has 0 bridgehead atoms. The molecule has 1 aromatic carbocycles. The highest BCUT2D eigenvalue weighted by atomic mass is 32.2. The van der Waals surface area contributed by atoms with Gasteiger partial charge in [0.15, 0.2) is 0 Å². The van der Waals surface area contributed by atoms with Gasteiger partial charge in [0.05, 0.1) is 10.5 Å². The summed E-state index contributed by atoms with van der Waals surface area (Å²) >= 11 is 2.45. The summed E-state index contributed by atoms with van der Waals surface area (Å²) in [6, 6.07) is 6.26. The molecule has 1 aliphatic rings. The first-order valence-corrected chi connectivity index (χ1v) is 7.41. The third-order valence-corrected chi connectivity index (χ3v) is 4.36. The van der Waals surface area contributed by atoms with E-state index in [2.05, 4.69) is 11.6 Å². The van der Waals surface area contributed by atoms with E-state index in [1.165, 1.54) is 23.9 Å². The molecule has 7 heteroatoms. The van der Waals surface area contributed by atoms with Crippen LogP contribution in [-0.2, 0) is 4.79 Å². The second-order valence-corrected chi connectivity index (χ2v) is 5.94. The van der Waals surface area contributed by atoms with Crippen LogP contribution >= 0.6 is 23.5 Å². The number of aliphatic imine (C=N–C) groups is 1. The van der Waals surface area contributed by atoms with Crippen molar-refractivity contribution in [1.82, 2.24) is 0 Å². The van der Waals surface area contributed by atoms with Crippen molar-refractivity contribution in [3.8, 4) is 0 Å². The summed E-state index contributed by atoms with van der Waals surface area (Å²) < 4.78 is 0.639. The first kappa shape index (κ1) is 14.5. The Bertz CT molecular complexity index is 638. The lowest BCUT2D eigenvalue weighted by atomic mass is 10.1. The zero-order chi connectivity index (χ0) is 14.5. The van der Waals surface area contributed by atoms with Crippen LogP contribution in [0.15, 0.2) is 47.6 Å². The summed E-state index contributed by atoms with van der Waals surface area (Å²) in [5, 5.41) is 10.7. The molecule has 0 spiro atoms. The van der Waals surface area contributed by atoms with Crippen molar-refractivity contribution in [3.63, 3.8) is 0 Å². The molecule has 0 N–H and O–H groups in total. The van der Waals surface area contributed by atoms with Gasteiger partial charge in [0, 0.05) is 11.8 Å². The highest BCUT2D eigenvalue weighted by molar-refractivity contribution is 8.45. The van der Waals surface area contributed by atoms with E-state index in [0.717, 1.165) is 11.8 Å². The SMILES string of the molecule is C=CCSC1=N/C(=C/c2ccccc2[N+](=O)[O-])C(=O)S1. The average molecular weight is 306 g/mol. The van der Waals surface area contributed by atoms with E-state index in [1.54, 1.807) is 24.3 Å². The van der Waals surface area contributed by atoms with Gasteiger partial charge in [-0.3, -0.25) is 14.9 Å². The van der Waals surface area contributed by atoms with Gasteiger partial charge < -0.3 is 0 Å². The van der Waals surface area contributed by atoms with Crippen LogP contribution in [-0.4, -0.2) is 20.2 Å². The van der Waals surface area contributed by atoms with Crippen molar-refractivity contribution in [2.75, 3.05) is 5.75 Å². The molecule has 0 aliphatic carbocycles. The molecule has 0 saturated heterocycles. The number of nitro groups is 1. The van der Waals surface area contributed by atoms with Crippen LogP contribution in [0.25, 0.3) is 6.08 Å². The van der Waals surface area contributed by atoms with E-state index in [-0.39, 0.29) is 16.5 Å². The maximum atomic E-state index is 11.8. The zero-order valence-electron chi connectivity index (χ0n) is 10.3. The number of hydrogen-bond donors (Lipinski definition) is 0. The lowest BCUT2D eigenvalue weighted by molar-refractivity contribution is -0.385. The zero-order valence-corrected chi connectivity index (χ0v) is 11.9. The third kappa shape index (κ3) is 3.37. The molecule has 0 atom stereocenters. The van der Waals surface area contributed by atoms with Gasteiger partial charge >= 0.3 is 0 Å². The Hall–Kier alpha value is -1.86. The Morgan fingerprint density at radius 3 is 2.90 bits per heavy atom. The van der Waals surface area contributed by atoms with Crippen molar-refractivity contribution >= 4 is 44.8 Å². The highest BCUT2D eigenvalue weighted by Gasteiger charge is 2.23. The van der Waals surface area contributed by atoms with Crippen LogP contribution in [0.2, 0.25) is 0 Å². The molecule has 1 aliphatic heterocycles. The van der Waals surface area contributed by atoms with E-state index < -0.39 is 4.92 Å². The van der Waals surface area contributed by atoms with E-state index >= 15 is 0 Å². The first-order chi connectivity index (χ1) is 9.61. The summed E-state index contributed by atoms with van der Waals surface area (Å²) in [6.07, 6.45) is 3.18. The Labute approximate surface area is 124 Å². The molecule has 0 fully saturated rings. The molecule has 0 aromatic heterocycles. The largest absolute Gasteiger partial charge is 0.279 e. The van der Waals surface area contributed by atoms with E-state index in [1.807, 2.05) is 0 Å². The molecule has 5 nitrogen and oxygen atoms in total. The van der Waals surface area contributed by atoms with Crippen LogP contribution < -0.4 is 0 Å². The van der Waals surface area contributed by atoms with Crippen LogP contribution in [0.5, 0.6) is 0 Å². The number of rotatable bonds is 4. The minimum atomic E-state index is -0.476. The van der Waals surface area contributed by atoms with E-state index in [4.69, 9.17) is 0 Å². The number of carbonyl (C=O) groups is 1. The third-order valence-electron chi connectivity index (χ3n) is 2.35. The minimum absolute atomic E-state index is 0.0415. The fourth-order valence-electron chi connectivity index (χ4n) is 1.50. The fourth-order valence-corrected chi connectivity index (χ4v) is 3.11. The fraction of sp³-hybridized carbons (Fsp3) is 0.0769.